The van der Waals surface area contributed by atoms with Crippen LogP contribution in [0.5, 0.6) is 5.75 Å². The van der Waals surface area contributed by atoms with Crippen molar-refractivity contribution < 1.29 is 4.74 Å². The van der Waals surface area contributed by atoms with Gasteiger partial charge in [-0.05, 0) is 48.1 Å². The molecule has 0 bridgehead atoms. The normalized spacial score (nSPS) is 19.2. The molecule has 1 fully saturated rings. The third kappa shape index (κ3) is 4.61. The molecule has 1 aliphatic rings. The second-order valence-corrected chi connectivity index (χ2v) is 7.88. The van der Waals surface area contributed by atoms with Gasteiger partial charge in [0.1, 0.15) is 11.9 Å². The fourth-order valence-corrected chi connectivity index (χ4v) is 3.32. The largest absolute Gasteiger partial charge is 0.489 e. The fourth-order valence-electron chi connectivity index (χ4n) is 3.32. The van der Waals surface area contributed by atoms with Gasteiger partial charge in [-0.1, -0.05) is 63.2 Å². The summed E-state index contributed by atoms with van der Waals surface area (Å²) >= 11 is 0. The molecule has 1 atom stereocenters. The highest BCUT2D eigenvalue weighted by Crippen LogP contribution is 2.27. The van der Waals surface area contributed by atoms with Gasteiger partial charge in [-0.3, -0.25) is 4.90 Å². The third-order valence-electron chi connectivity index (χ3n) is 4.71. The van der Waals surface area contributed by atoms with Crippen LogP contribution in [0.1, 0.15) is 44.7 Å². The van der Waals surface area contributed by atoms with Gasteiger partial charge in [0.15, 0.2) is 0 Å². The second kappa shape index (κ2) is 7.40. The van der Waals surface area contributed by atoms with E-state index in [2.05, 4.69) is 80.3 Å². The summed E-state index contributed by atoms with van der Waals surface area (Å²) in [6.45, 7) is 9.92. The van der Waals surface area contributed by atoms with E-state index in [1.807, 2.05) is 0 Å². The van der Waals surface area contributed by atoms with Crippen LogP contribution >= 0.6 is 0 Å². The molecular weight excluding hydrogens is 294 g/mol. The molecule has 0 spiro atoms. The summed E-state index contributed by atoms with van der Waals surface area (Å²) in [6, 6.07) is 19.3. The van der Waals surface area contributed by atoms with Gasteiger partial charge < -0.3 is 4.74 Å². The van der Waals surface area contributed by atoms with Crippen LogP contribution in [0.4, 0.5) is 0 Å². The Morgan fingerprint density at radius 2 is 1.83 bits per heavy atom. The molecular formula is C22H29NO. The SMILES string of the molecule is CC(C)(C)c1cccc(OC2CCCN(Cc3ccccc3)C2)c1. The van der Waals surface area contributed by atoms with Crippen LogP contribution in [0.2, 0.25) is 0 Å². The van der Waals surface area contributed by atoms with Crippen molar-refractivity contribution in [3.8, 4) is 5.75 Å². The molecule has 0 aromatic heterocycles. The van der Waals surface area contributed by atoms with Crippen LogP contribution in [0.15, 0.2) is 54.6 Å². The number of benzene rings is 2. The van der Waals surface area contributed by atoms with Crippen molar-refractivity contribution in [2.24, 2.45) is 0 Å². The number of hydrogen-bond donors (Lipinski definition) is 0. The predicted molar refractivity (Wildman–Crippen MR) is 101 cm³/mol. The van der Waals surface area contributed by atoms with E-state index in [0.29, 0.717) is 0 Å². The Labute approximate surface area is 146 Å². The molecule has 2 heteroatoms. The van der Waals surface area contributed by atoms with Crippen molar-refractivity contribution in [1.82, 2.24) is 4.90 Å². The minimum atomic E-state index is 0.158. The zero-order valence-electron chi connectivity index (χ0n) is 15.2. The third-order valence-corrected chi connectivity index (χ3v) is 4.71. The van der Waals surface area contributed by atoms with E-state index in [1.54, 1.807) is 0 Å². The summed E-state index contributed by atoms with van der Waals surface area (Å²) in [6.07, 6.45) is 2.64. The summed E-state index contributed by atoms with van der Waals surface area (Å²) < 4.78 is 6.32. The van der Waals surface area contributed by atoms with E-state index in [0.717, 1.165) is 31.8 Å². The lowest BCUT2D eigenvalue weighted by Crippen LogP contribution is -2.40. The molecule has 0 radical (unpaired) electrons. The number of likely N-dealkylation sites (tertiary alicyclic amines) is 1. The lowest BCUT2D eigenvalue weighted by Gasteiger charge is -2.33. The van der Waals surface area contributed by atoms with E-state index in [1.165, 1.54) is 17.5 Å². The van der Waals surface area contributed by atoms with Crippen molar-refractivity contribution in [2.45, 2.75) is 51.7 Å². The Balaban J connectivity index is 1.61. The zero-order chi connectivity index (χ0) is 17.0. The molecule has 128 valence electrons. The first-order valence-electron chi connectivity index (χ1n) is 9.04. The smallest absolute Gasteiger partial charge is 0.120 e. The van der Waals surface area contributed by atoms with Gasteiger partial charge in [-0.25, -0.2) is 0 Å². The van der Waals surface area contributed by atoms with E-state index in [-0.39, 0.29) is 11.5 Å². The standard InChI is InChI=1S/C22H29NO/c1-22(2,3)19-11-7-12-20(15-19)24-21-13-8-14-23(17-21)16-18-9-5-4-6-10-18/h4-7,9-12,15,21H,8,13-14,16-17H2,1-3H3. The summed E-state index contributed by atoms with van der Waals surface area (Å²) in [5.74, 6) is 1.01. The van der Waals surface area contributed by atoms with Crippen molar-refractivity contribution >= 4 is 0 Å². The number of hydrogen-bond acceptors (Lipinski definition) is 2. The Bertz CT molecular complexity index is 645. The summed E-state index contributed by atoms with van der Waals surface area (Å²) in [5, 5.41) is 0. The molecule has 0 saturated carbocycles. The van der Waals surface area contributed by atoms with Crippen LogP contribution < -0.4 is 4.74 Å². The first-order chi connectivity index (χ1) is 11.5. The average molecular weight is 323 g/mol. The van der Waals surface area contributed by atoms with Crippen molar-refractivity contribution in [3.63, 3.8) is 0 Å². The van der Waals surface area contributed by atoms with Gasteiger partial charge in [-0.15, -0.1) is 0 Å². The number of rotatable bonds is 4. The molecule has 1 saturated heterocycles. The highest BCUT2D eigenvalue weighted by Gasteiger charge is 2.22. The molecule has 0 N–H and O–H groups in total. The zero-order valence-corrected chi connectivity index (χ0v) is 15.2. The van der Waals surface area contributed by atoms with Crippen LogP contribution in [-0.2, 0) is 12.0 Å². The molecule has 0 aliphatic carbocycles. The van der Waals surface area contributed by atoms with E-state index in [9.17, 15) is 0 Å². The minimum absolute atomic E-state index is 0.158. The summed E-state index contributed by atoms with van der Waals surface area (Å²) in [4.78, 5) is 2.51. The lowest BCUT2D eigenvalue weighted by molar-refractivity contribution is 0.0842. The average Bonchev–Trinajstić information content (AvgIpc) is 2.56. The monoisotopic (exact) mass is 323 g/mol. The Morgan fingerprint density at radius 3 is 2.58 bits per heavy atom. The number of piperidine rings is 1. The van der Waals surface area contributed by atoms with Gasteiger partial charge >= 0.3 is 0 Å². The lowest BCUT2D eigenvalue weighted by atomic mass is 9.87. The second-order valence-electron chi connectivity index (χ2n) is 7.88. The maximum atomic E-state index is 6.32. The Kier molecular flexibility index (Phi) is 5.25. The molecule has 2 aromatic rings. The van der Waals surface area contributed by atoms with E-state index in [4.69, 9.17) is 4.74 Å². The predicted octanol–water partition coefficient (Wildman–Crippen LogP) is 5.03. The van der Waals surface area contributed by atoms with Gasteiger partial charge in [0, 0.05) is 13.1 Å². The Hall–Kier alpha value is -1.80. The Morgan fingerprint density at radius 1 is 1.04 bits per heavy atom. The van der Waals surface area contributed by atoms with Gasteiger partial charge in [0.2, 0.25) is 0 Å². The first kappa shape index (κ1) is 17.0. The van der Waals surface area contributed by atoms with Crippen LogP contribution in [0.3, 0.4) is 0 Å². The van der Waals surface area contributed by atoms with Crippen molar-refractivity contribution in [1.29, 1.82) is 0 Å². The highest BCUT2D eigenvalue weighted by atomic mass is 16.5. The minimum Gasteiger partial charge on any atom is -0.489 e. The van der Waals surface area contributed by atoms with Crippen LogP contribution in [0.25, 0.3) is 0 Å². The molecule has 24 heavy (non-hydrogen) atoms. The van der Waals surface area contributed by atoms with Gasteiger partial charge in [0.25, 0.3) is 0 Å². The molecule has 0 amide bonds. The van der Waals surface area contributed by atoms with E-state index < -0.39 is 0 Å². The van der Waals surface area contributed by atoms with Crippen molar-refractivity contribution in [3.05, 3.63) is 65.7 Å². The highest BCUT2D eigenvalue weighted by molar-refractivity contribution is 5.32. The summed E-state index contributed by atoms with van der Waals surface area (Å²) in [5.41, 5.74) is 2.87. The maximum Gasteiger partial charge on any atom is 0.120 e. The molecule has 1 aliphatic heterocycles. The van der Waals surface area contributed by atoms with Crippen LogP contribution in [-0.4, -0.2) is 24.1 Å². The molecule has 2 nitrogen and oxygen atoms in total. The molecule has 1 unspecified atom stereocenters. The number of nitrogens with zero attached hydrogens (tertiary/aromatic N) is 1. The molecule has 1 heterocycles. The van der Waals surface area contributed by atoms with Crippen LogP contribution in [0, 0.1) is 0 Å². The summed E-state index contributed by atoms with van der Waals surface area (Å²) in [7, 11) is 0. The maximum absolute atomic E-state index is 6.32. The first-order valence-corrected chi connectivity index (χ1v) is 9.04. The quantitative estimate of drug-likeness (QED) is 0.782. The topological polar surface area (TPSA) is 12.5 Å². The van der Waals surface area contributed by atoms with Crippen molar-refractivity contribution in [2.75, 3.05) is 13.1 Å². The molecule has 3 rings (SSSR count). The van der Waals surface area contributed by atoms with E-state index >= 15 is 0 Å². The molecule has 2 aromatic carbocycles. The number of ether oxygens (including phenoxy) is 1. The van der Waals surface area contributed by atoms with Gasteiger partial charge in [0.05, 0.1) is 0 Å². The fraction of sp³-hybridized carbons (Fsp3) is 0.455. The van der Waals surface area contributed by atoms with Gasteiger partial charge in [-0.2, -0.15) is 0 Å².